The molecule has 1 saturated carbocycles. The van der Waals surface area contributed by atoms with Crippen molar-refractivity contribution in [1.29, 1.82) is 0 Å². The third kappa shape index (κ3) is 2.74. The summed E-state index contributed by atoms with van der Waals surface area (Å²) in [5.74, 6) is 0.307. The Balaban J connectivity index is 1.92. The van der Waals surface area contributed by atoms with E-state index < -0.39 is 10.0 Å². The van der Waals surface area contributed by atoms with Gasteiger partial charge in [-0.1, -0.05) is 12.8 Å². The minimum Gasteiger partial charge on any atom is -0.375 e. The molecule has 5 nitrogen and oxygen atoms in total. The third-order valence-electron chi connectivity index (χ3n) is 4.51. The van der Waals surface area contributed by atoms with E-state index in [1.165, 1.54) is 0 Å². The highest BCUT2D eigenvalue weighted by molar-refractivity contribution is 7.89. The topological polar surface area (TPSA) is 51.5 Å². The molecule has 1 saturated heterocycles. The minimum absolute atomic E-state index is 0.0165. The Hall–Kier alpha value is -0.560. The Morgan fingerprint density at radius 1 is 1.38 bits per heavy atom. The van der Waals surface area contributed by atoms with E-state index in [1.54, 1.807) is 21.1 Å². The lowest BCUT2D eigenvalue weighted by molar-refractivity contribution is -0.0586. The fraction of sp³-hybridized carbons (Fsp3) is 0.714. The predicted octanol–water partition coefficient (Wildman–Crippen LogP) is 2.10. The lowest BCUT2D eigenvalue weighted by Gasteiger charge is -2.42. The van der Waals surface area contributed by atoms with Crippen LogP contribution in [0.1, 0.15) is 31.4 Å². The highest BCUT2D eigenvalue weighted by atomic mass is 35.5. The molecular weight excluding hydrogens is 312 g/mol. The predicted molar refractivity (Wildman–Crippen MR) is 80.9 cm³/mol. The van der Waals surface area contributed by atoms with Gasteiger partial charge in [0.1, 0.15) is 4.90 Å². The van der Waals surface area contributed by atoms with E-state index >= 15 is 0 Å². The number of rotatable bonds is 3. The number of ether oxygens (including phenoxy) is 1. The summed E-state index contributed by atoms with van der Waals surface area (Å²) < 4.78 is 35.1. The van der Waals surface area contributed by atoms with Crippen LogP contribution in [0.2, 0.25) is 0 Å². The van der Waals surface area contributed by atoms with Crippen LogP contribution in [0.25, 0.3) is 0 Å². The quantitative estimate of drug-likeness (QED) is 0.796. The molecule has 0 bridgehead atoms. The number of aromatic nitrogens is 1. The molecule has 1 aliphatic heterocycles. The normalized spacial score (nSPS) is 27.5. The first kappa shape index (κ1) is 15.3. The molecule has 2 aliphatic rings. The summed E-state index contributed by atoms with van der Waals surface area (Å²) in [5.41, 5.74) is 0.809. The number of morpholine rings is 1. The second-order valence-corrected chi connectivity index (χ2v) is 7.95. The molecule has 1 aromatic heterocycles. The van der Waals surface area contributed by atoms with Gasteiger partial charge in [0, 0.05) is 25.5 Å². The van der Waals surface area contributed by atoms with Crippen LogP contribution in [0, 0.1) is 0 Å². The van der Waals surface area contributed by atoms with Gasteiger partial charge in [-0.25, -0.2) is 8.42 Å². The van der Waals surface area contributed by atoms with E-state index in [0.717, 1.165) is 31.4 Å². The smallest absolute Gasteiger partial charge is 0.245 e. The van der Waals surface area contributed by atoms with E-state index in [4.69, 9.17) is 16.3 Å². The fourth-order valence-electron chi connectivity index (χ4n) is 3.35. The van der Waals surface area contributed by atoms with E-state index in [0.29, 0.717) is 23.9 Å². The average Bonchev–Trinajstić information content (AvgIpc) is 2.88. The SMILES string of the molecule is Cn1cc(S(=O)(=O)N2CCOC3CCCCC32)cc1CCl. The van der Waals surface area contributed by atoms with Crippen LogP contribution in [0.5, 0.6) is 0 Å². The van der Waals surface area contributed by atoms with Crippen LogP contribution < -0.4 is 0 Å². The maximum atomic E-state index is 12.9. The van der Waals surface area contributed by atoms with Gasteiger partial charge in [0.15, 0.2) is 0 Å². The molecule has 7 heteroatoms. The molecule has 3 rings (SSSR count). The third-order valence-corrected chi connectivity index (χ3v) is 6.67. The molecule has 2 unspecified atom stereocenters. The molecule has 21 heavy (non-hydrogen) atoms. The molecule has 0 aromatic carbocycles. The number of aryl methyl sites for hydroxylation is 1. The highest BCUT2D eigenvalue weighted by Crippen LogP contribution is 2.32. The second kappa shape index (κ2) is 5.91. The standard InChI is InChI=1S/C14H21ClN2O3S/c1-16-10-12(8-11(16)9-15)21(18,19)17-6-7-20-14-5-3-2-4-13(14)17/h8,10,13-14H,2-7,9H2,1H3. The second-order valence-electron chi connectivity index (χ2n) is 5.79. The van der Waals surface area contributed by atoms with Crippen molar-refractivity contribution in [3.63, 3.8) is 0 Å². The molecule has 0 N–H and O–H groups in total. The van der Waals surface area contributed by atoms with Crippen molar-refractivity contribution in [3.8, 4) is 0 Å². The maximum Gasteiger partial charge on any atom is 0.245 e. The first-order chi connectivity index (χ1) is 10.0. The Morgan fingerprint density at radius 2 is 2.14 bits per heavy atom. The van der Waals surface area contributed by atoms with Crippen molar-refractivity contribution in [2.24, 2.45) is 7.05 Å². The minimum atomic E-state index is -3.47. The summed E-state index contributed by atoms with van der Waals surface area (Å²) >= 11 is 5.84. The molecular formula is C14H21ClN2O3S. The Kier molecular flexibility index (Phi) is 4.32. The number of sulfonamides is 1. The summed E-state index contributed by atoms with van der Waals surface area (Å²) in [4.78, 5) is 0.340. The van der Waals surface area contributed by atoms with Crippen LogP contribution in [0.4, 0.5) is 0 Å². The summed E-state index contributed by atoms with van der Waals surface area (Å²) in [7, 11) is -1.65. The van der Waals surface area contributed by atoms with Crippen molar-refractivity contribution in [1.82, 2.24) is 8.87 Å². The van der Waals surface area contributed by atoms with Crippen molar-refractivity contribution in [2.75, 3.05) is 13.2 Å². The number of nitrogens with zero attached hydrogens (tertiary/aromatic N) is 2. The zero-order chi connectivity index (χ0) is 15.0. The Morgan fingerprint density at radius 3 is 2.86 bits per heavy atom. The summed E-state index contributed by atoms with van der Waals surface area (Å²) in [5, 5.41) is 0. The molecule has 0 amide bonds. The Labute approximate surface area is 130 Å². The molecule has 118 valence electrons. The van der Waals surface area contributed by atoms with Crippen molar-refractivity contribution in [3.05, 3.63) is 18.0 Å². The molecule has 2 fully saturated rings. The van der Waals surface area contributed by atoms with Crippen molar-refractivity contribution < 1.29 is 13.2 Å². The van der Waals surface area contributed by atoms with Gasteiger partial charge < -0.3 is 9.30 Å². The zero-order valence-corrected chi connectivity index (χ0v) is 13.7. The van der Waals surface area contributed by atoms with E-state index in [-0.39, 0.29) is 12.1 Å². The van der Waals surface area contributed by atoms with E-state index in [9.17, 15) is 8.42 Å². The van der Waals surface area contributed by atoms with Gasteiger partial charge >= 0.3 is 0 Å². The molecule has 1 aliphatic carbocycles. The van der Waals surface area contributed by atoms with Gasteiger partial charge in [-0.05, 0) is 18.9 Å². The van der Waals surface area contributed by atoms with Crippen LogP contribution in [-0.4, -0.2) is 42.6 Å². The number of alkyl halides is 1. The fourth-order valence-corrected chi connectivity index (χ4v) is 5.37. The van der Waals surface area contributed by atoms with Gasteiger partial charge in [-0.2, -0.15) is 4.31 Å². The molecule has 1 aromatic rings. The van der Waals surface area contributed by atoms with Gasteiger partial charge in [0.25, 0.3) is 0 Å². The highest BCUT2D eigenvalue weighted by Gasteiger charge is 2.41. The monoisotopic (exact) mass is 332 g/mol. The zero-order valence-electron chi connectivity index (χ0n) is 12.2. The number of hydrogen-bond donors (Lipinski definition) is 0. The van der Waals surface area contributed by atoms with E-state index in [2.05, 4.69) is 0 Å². The lowest BCUT2D eigenvalue weighted by Crippen LogP contribution is -2.54. The van der Waals surface area contributed by atoms with Gasteiger partial charge in [-0.3, -0.25) is 0 Å². The van der Waals surface area contributed by atoms with Crippen LogP contribution >= 0.6 is 11.6 Å². The van der Waals surface area contributed by atoms with Crippen LogP contribution in [-0.2, 0) is 27.7 Å². The van der Waals surface area contributed by atoms with Crippen molar-refractivity contribution in [2.45, 2.75) is 48.6 Å². The molecule has 0 radical (unpaired) electrons. The molecule has 2 heterocycles. The van der Waals surface area contributed by atoms with Gasteiger partial charge in [0.2, 0.25) is 10.0 Å². The van der Waals surface area contributed by atoms with Crippen LogP contribution in [0.3, 0.4) is 0 Å². The Bertz CT molecular complexity index is 612. The summed E-state index contributed by atoms with van der Waals surface area (Å²) in [6.07, 6.45) is 5.74. The maximum absolute atomic E-state index is 12.9. The first-order valence-electron chi connectivity index (χ1n) is 7.38. The largest absolute Gasteiger partial charge is 0.375 e. The molecule has 0 spiro atoms. The van der Waals surface area contributed by atoms with Gasteiger partial charge in [0.05, 0.1) is 24.6 Å². The van der Waals surface area contributed by atoms with Crippen molar-refractivity contribution >= 4 is 21.6 Å². The average molecular weight is 333 g/mol. The first-order valence-corrected chi connectivity index (χ1v) is 9.36. The van der Waals surface area contributed by atoms with Gasteiger partial charge in [-0.15, -0.1) is 11.6 Å². The van der Waals surface area contributed by atoms with Crippen LogP contribution in [0.15, 0.2) is 17.2 Å². The number of fused-ring (bicyclic) bond motifs is 1. The summed E-state index contributed by atoms with van der Waals surface area (Å²) in [6.45, 7) is 0.921. The lowest BCUT2D eigenvalue weighted by atomic mass is 9.91. The summed E-state index contributed by atoms with van der Waals surface area (Å²) in [6, 6.07) is 1.66. The number of halogens is 1. The van der Waals surface area contributed by atoms with E-state index in [1.807, 2.05) is 7.05 Å². The number of hydrogen-bond acceptors (Lipinski definition) is 3. The molecule has 2 atom stereocenters.